The van der Waals surface area contributed by atoms with Crippen molar-refractivity contribution in [3.05, 3.63) is 53.7 Å². The quantitative estimate of drug-likeness (QED) is 0.754. The lowest BCUT2D eigenvalue weighted by molar-refractivity contribution is 0.101. The van der Waals surface area contributed by atoms with Crippen molar-refractivity contribution in [3.63, 3.8) is 0 Å². The van der Waals surface area contributed by atoms with Crippen LogP contribution in [0.4, 0.5) is 0 Å². The van der Waals surface area contributed by atoms with Crippen LogP contribution in [0.3, 0.4) is 0 Å². The van der Waals surface area contributed by atoms with Crippen LogP contribution in [0, 0.1) is 6.92 Å². The monoisotopic (exact) mass is 227 g/mol. The third kappa shape index (κ3) is 2.69. The van der Waals surface area contributed by atoms with Crippen molar-refractivity contribution in [2.45, 2.75) is 13.8 Å². The van der Waals surface area contributed by atoms with Crippen molar-refractivity contribution in [1.29, 1.82) is 0 Å². The molecule has 1 aromatic carbocycles. The van der Waals surface area contributed by atoms with Crippen molar-refractivity contribution >= 4 is 5.78 Å². The van der Waals surface area contributed by atoms with Crippen molar-refractivity contribution in [2.75, 3.05) is 0 Å². The molecule has 0 radical (unpaired) electrons. The van der Waals surface area contributed by atoms with E-state index in [2.05, 4.69) is 4.98 Å². The molecule has 0 unspecified atom stereocenters. The Hall–Kier alpha value is -2.16. The maximum Gasteiger partial charge on any atom is 0.230 e. The molecule has 1 aromatic heterocycles. The van der Waals surface area contributed by atoms with E-state index in [9.17, 15) is 4.79 Å². The second kappa shape index (κ2) is 4.78. The number of ether oxygens (including phenoxy) is 1. The Bertz CT molecular complexity index is 532. The smallest absolute Gasteiger partial charge is 0.230 e. The van der Waals surface area contributed by atoms with E-state index < -0.39 is 0 Å². The van der Waals surface area contributed by atoms with Crippen LogP contribution in [0.2, 0.25) is 0 Å². The molecule has 0 atom stereocenters. The van der Waals surface area contributed by atoms with Crippen LogP contribution in [-0.2, 0) is 0 Å². The average molecular weight is 227 g/mol. The van der Waals surface area contributed by atoms with E-state index in [1.54, 1.807) is 18.3 Å². The second-order valence-corrected chi connectivity index (χ2v) is 3.83. The number of Topliss-reactive ketones (excluding diaryl/α,β-unsaturated/α-hetero) is 1. The Morgan fingerprint density at radius 3 is 2.53 bits per heavy atom. The van der Waals surface area contributed by atoms with Crippen molar-refractivity contribution in [3.8, 4) is 11.6 Å². The number of benzene rings is 1. The van der Waals surface area contributed by atoms with Gasteiger partial charge >= 0.3 is 0 Å². The van der Waals surface area contributed by atoms with E-state index >= 15 is 0 Å². The van der Waals surface area contributed by atoms with Gasteiger partial charge in [-0.3, -0.25) is 4.79 Å². The van der Waals surface area contributed by atoms with Crippen LogP contribution in [0.15, 0.2) is 42.6 Å². The highest BCUT2D eigenvalue weighted by molar-refractivity contribution is 5.96. The molecule has 17 heavy (non-hydrogen) atoms. The van der Waals surface area contributed by atoms with Gasteiger partial charge in [-0.1, -0.05) is 17.7 Å². The summed E-state index contributed by atoms with van der Waals surface area (Å²) < 4.78 is 5.59. The predicted octanol–water partition coefficient (Wildman–Crippen LogP) is 3.38. The molecular weight excluding hydrogens is 214 g/mol. The Morgan fingerprint density at radius 1 is 1.18 bits per heavy atom. The zero-order valence-corrected chi connectivity index (χ0v) is 9.81. The van der Waals surface area contributed by atoms with Gasteiger partial charge in [0.15, 0.2) is 5.78 Å². The van der Waals surface area contributed by atoms with Crippen LogP contribution in [0.25, 0.3) is 0 Å². The molecule has 0 aliphatic rings. The summed E-state index contributed by atoms with van der Waals surface area (Å²) in [7, 11) is 0. The summed E-state index contributed by atoms with van der Waals surface area (Å²) in [6, 6.07) is 11.0. The number of aromatic nitrogens is 1. The molecular formula is C14H13NO2. The first-order chi connectivity index (χ1) is 8.16. The third-order valence-electron chi connectivity index (χ3n) is 2.39. The molecule has 0 spiro atoms. The summed E-state index contributed by atoms with van der Waals surface area (Å²) in [5.74, 6) is 0.973. The first kappa shape index (κ1) is 11.3. The summed E-state index contributed by atoms with van der Waals surface area (Å²) in [6.07, 6.45) is 1.61. The lowest BCUT2D eigenvalue weighted by Crippen LogP contribution is -1.98. The highest BCUT2D eigenvalue weighted by atomic mass is 16.5. The zero-order chi connectivity index (χ0) is 12.3. The molecule has 0 N–H and O–H groups in total. The van der Waals surface area contributed by atoms with Crippen LogP contribution >= 0.6 is 0 Å². The molecule has 2 rings (SSSR count). The minimum absolute atomic E-state index is 0.0554. The van der Waals surface area contributed by atoms with Gasteiger partial charge in [-0.25, -0.2) is 4.98 Å². The van der Waals surface area contributed by atoms with E-state index in [-0.39, 0.29) is 5.78 Å². The van der Waals surface area contributed by atoms with Crippen LogP contribution in [0.1, 0.15) is 22.8 Å². The van der Waals surface area contributed by atoms with E-state index in [1.165, 1.54) is 6.92 Å². The standard InChI is InChI=1S/C14H13NO2/c1-10-5-7-12(8-6-10)17-14-13(11(2)16)4-3-9-15-14/h3-9H,1-2H3. The molecule has 1 heterocycles. The lowest BCUT2D eigenvalue weighted by Gasteiger charge is -2.07. The van der Waals surface area contributed by atoms with Crippen molar-refractivity contribution in [2.24, 2.45) is 0 Å². The highest BCUT2D eigenvalue weighted by Crippen LogP contribution is 2.23. The fraction of sp³-hybridized carbons (Fsp3) is 0.143. The molecule has 3 nitrogen and oxygen atoms in total. The number of rotatable bonds is 3. The van der Waals surface area contributed by atoms with Gasteiger partial charge in [0.05, 0.1) is 5.56 Å². The number of hydrogen-bond donors (Lipinski definition) is 0. The Morgan fingerprint density at radius 2 is 1.88 bits per heavy atom. The van der Waals surface area contributed by atoms with Gasteiger partial charge in [0.1, 0.15) is 5.75 Å². The van der Waals surface area contributed by atoms with Crippen LogP contribution in [0.5, 0.6) is 11.6 Å². The fourth-order valence-electron chi connectivity index (χ4n) is 1.46. The molecule has 0 bridgehead atoms. The van der Waals surface area contributed by atoms with E-state index in [4.69, 9.17) is 4.74 Å². The molecule has 0 fully saturated rings. The SMILES string of the molecule is CC(=O)c1cccnc1Oc1ccc(C)cc1. The normalized spacial score (nSPS) is 10.0. The molecule has 0 amide bonds. The Kier molecular flexibility index (Phi) is 3.19. The Labute approximate surface area is 100 Å². The maximum atomic E-state index is 11.4. The molecule has 0 aliphatic heterocycles. The fourth-order valence-corrected chi connectivity index (χ4v) is 1.46. The number of ketones is 1. The zero-order valence-electron chi connectivity index (χ0n) is 9.81. The van der Waals surface area contributed by atoms with Gasteiger partial charge in [0, 0.05) is 6.20 Å². The molecule has 2 aromatic rings. The van der Waals surface area contributed by atoms with Gasteiger partial charge < -0.3 is 4.74 Å². The van der Waals surface area contributed by atoms with Crippen LogP contribution < -0.4 is 4.74 Å². The number of nitrogens with zero attached hydrogens (tertiary/aromatic N) is 1. The maximum absolute atomic E-state index is 11.4. The van der Waals surface area contributed by atoms with E-state index in [1.807, 2.05) is 31.2 Å². The number of carbonyl (C=O) groups is 1. The van der Waals surface area contributed by atoms with E-state index in [0.717, 1.165) is 5.56 Å². The predicted molar refractivity (Wildman–Crippen MR) is 65.5 cm³/mol. The molecule has 0 saturated heterocycles. The summed E-state index contributed by atoms with van der Waals surface area (Å²) in [4.78, 5) is 15.5. The van der Waals surface area contributed by atoms with Crippen molar-refractivity contribution < 1.29 is 9.53 Å². The number of aryl methyl sites for hydroxylation is 1. The minimum atomic E-state index is -0.0554. The third-order valence-corrected chi connectivity index (χ3v) is 2.39. The van der Waals surface area contributed by atoms with Gasteiger partial charge in [-0.15, -0.1) is 0 Å². The number of carbonyl (C=O) groups excluding carboxylic acids is 1. The van der Waals surface area contributed by atoms with Crippen molar-refractivity contribution in [1.82, 2.24) is 4.98 Å². The largest absolute Gasteiger partial charge is 0.438 e. The van der Waals surface area contributed by atoms with Gasteiger partial charge in [0.25, 0.3) is 0 Å². The first-order valence-electron chi connectivity index (χ1n) is 5.37. The summed E-state index contributed by atoms with van der Waals surface area (Å²) in [5, 5.41) is 0. The topological polar surface area (TPSA) is 39.2 Å². The average Bonchev–Trinajstić information content (AvgIpc) is 2.32. The Balaban J connectivity index is 2.30. The highest BCUT2D eigenvalue weighted by Gasteiger charge is 2.09. The molecule has 0 saturated carbocycles. The van der Waals surface area contributed by atoms with Gasteiger partial charge in [-0.05, 0) is 38.1 Å². The summed E-state index contributed by atoms with van der Waals surface area (Å²) in [5.41, 5.74) is 1.65. The molecule has 86 valence electrons. The number of hydrogen-bond acceptors (Lipinski definition) is 3. The summed E-state index contributed by atoms with van der Waals surface area (Å²) >= 11 is 0. The lowest BCUT2D eigenvalue weighted by atomic mass is 10.2. The van der Waals surface area contributed by atoms with Crippen LogP contribution in [-0.4, -0.2) is 10.8 Å². The van der Waals surface area contributed by atoms with Gasteiger partial charge in [-0.2, -0.15) is 0 Å². The minimum Gasteiger partial charge on any atom is -0.438 e. The second-order valence-electron chi connectivity index (χ2n) is 3.83. The first-order valence-corrected chi connectivity index (χ1v) is 5.37. The summed E-state index contributed by atoms with van der Waals surface area (Å²) in [6.45, 7) is 3.50. The van der Waals surface area contributed by atoms with Gasteiger partial charge in [0.2, 0.25) is 5.88 Å². The van der Waals surface area contributed by atoms with E-state index in [0.29, 0.717) is 17.2 Å². The molecule has 0 aliphatic carbocycles. The molecule has 3 heteroatoms. The number of pyridine rings is 1.